The van der Waals surface area contributed by atoms with Crippen LogP contribution in [-0.2, 0) is 0 Å². The lowest BCUT2D eigenvalue weighted by atomic mass is 9.94. The summed E-state index contributed by atoms with van der Waals surface area (Å²) in [5.74, 6) is 1.24. The zero-order valence-electron chi connectivity index (χ0n) is 13.2. The minimum absolute atomic E-state index is 0.104. The second-order valence-electron chi connectivity index (χ2n) is 6.50. The summed E-state index contributed by atoms with van der Waals surface area (Å²) in [4.78, 5) is 21.4. The standard InChI is InChI=1S/C16H27N5O/c22-16(19-7-3-13-2-1-6-17-10-13)21-8-4-14(5-9-21)15-11-18-12-20-15/h11-14,17H,1-10H2,(H,18,20)(H,19,22). The highest BCUT2D eigenvalue weighted by Crippen LogP contribution is 2.26. The number of amides is 2. The molecule has 0 saturated carbocycles. The number of rotatable bonds is 4. The SMILES string of the molecule is O=C(NCCC1CCCNC1)N1CCC(c2cnc[nH]2)CC1. The summed E-state index contributed by atoms with van der Waals surface area (Å²) in [6.07, 6.45) is 9.30. The molecule has 2 aliphatic rings. The van der Waals surface area contributed by atoms with Crippen LogP contribution < -0.4 is 10.6 Å². The van der Waals surface area contributed by atoms with Gasteiger partial charge in [-0.1, -0.05) is 0 Å². The zero-order chi connectivity index (χ0) is 15.2. The summed E-state index contributed by atoms with van der Waals surface area (Å²) in [7, 11) is 0. The van der Waals surface area contributed by atoms with Crippen LogP contribution in [-0.4, -0.2) is 53.6 Å². The van der Waals surface area contributed by atoms with Crippen molar-refractivity contribution in [2.75, 3.05) is 32.7 Å². The molecule has 6 nitrogen and oxygen atoms in total. The molecule has 0 aliphatic carbocycles. The molecule has 6 heteroatoms. The van der Waals surface area contributed by atoms with Crippen molar-refractivity contribution in [2.24, 2.45) is 5.92 Å². The van der Waals surface area contributed by atoms with Gasteiger partial charge in [0, 0.05) is 37.4 Å². The fourth-order valence-corrected chi connectivity index (χ4v) is 3.55. The van der Waals surface area contributed by atoms with Crippen molar-refractivity contribution >= 4 is 6.03 Å². The molecule has 1 unspecified atom stereocenters. The van der Waals surface area contributed by atoms with Crippen LogP contribution in [0.25, 0.3) is 0 Å². The van der Waals surface area contributed by atoms with Gasteiger partial charge in [0.05, 0.1) is 6.33 Å². The molecule has 3 heterocycles. The van der Waals surface area contributed by atoms with Gasteiger partial charge < -0.3 is 20.5 Å². The minimum atomic E-state index is 0.104. The number of urea groups is 1. The lowest BCUT2D eigenvalue weighted by Gasteiger charge is -2.31. The molecule has 22 heavy (non-hydrogen) atoms. The molecular formula is C16H27N5O. The monoisotopic (exact) mass is 305 g/mol. The van der Waals surface area contributed by atoms with E-state index in [1.54, 1.807) is 6.33 Å². The molecule has 0 radical (unpaired) electrons. The van der Waals surface area contributed by atoms with Crippen LogP contribution in [0.2, 0.25) is 0 Å². The fourth-order valence-electron chi connectivity index (χ4n) is 3.55. The van der Waals surface area contributed by atoms with Crippen molar-refractivity contribution in [1.82, 2.24) is 25.5 Å². The smallest absolute Gasteiger partial charge is 0.317 e. The summed E-state index contributed by atoms with van der Waals surface area (Å²) < 4.78 is 0. The van der Waals surface area contributed by atoms with Gasteiger partial charge in [-0.2, -0.15) is 0 Å². The summed E-state index contributed by atoms with van der Waals surface area (Å²) in [5, 5.41) is 6.51. The number of imidazole rings is 1. The van der Waals surface area contributed by atoms with Crippen molar-refractivity contribution in [3.8, 4) is 0 Å². The predicted octanol–water partition coefficient (Wildman–Crippen LogP) is 1.69. The lowest BCUT2D eigenvalue weighted by molar-refractivity contribution is 0.180. The van der Waals surface area contributed by atoms with Crippen molar-refractivity contribution in [1.29, 1.82) is 0 Å². The lowest BCUT2D eigenvalue weighted by Crippen LogP contribution is -2.45. The van der Waals surface area contributed by atoms with Gasteiger partial charge in [-0.3, -0.25) is 0 Å². The molecule has 0 bridgehead atoms. The molecule has 3 rings (SSSR count). The summed E-state index contributed by atoms with van der Waals surface area (Å²) >= 11 is 0. The molecule has 2 amide bonds. The first-order valence-corrected chi connectivity index (χ1v) is 8.54. The third-order valence-corrected chi connectivity index (χ3v) is 4.97. The number of hydrogen-bond donors (Lipinski definition) is 3. The molecule has 3 N–H and O–H groups in total. The second-order valence-corrected chi connectivity index (χ2v) is 6.50. The van der Waals surface area contributed by atoms with Crippen molar-refractivity contribution in [2.45, 2.75) is 38.0 Å². The van der Waals surface area contributed by atoms with Crippen LogP contribution in [0.15, 0.2) is 12.5 Å². The first-order chi connectivity index (χ1) is 10.8. The summed E-state index contributed by atoms with van der Waals surface area (Å²) in [6, 6.07) is 0.104. The van der Waals surface area contributed by atoms with Crippen LogP contribution in [0, 0.1) is 5.92 Å². The Balaban J connectivity index is 1.35. The van der Waals surface area contributed by atoms with Crippen molar-refractivity contribution in [3.05, 3.63) is 18.2 Å². The van der Waals surface area contributed by atoms with Crippen LogP contribution in [0.1, 0.15) is 43.7 Å². The van der Waals surface area contributed by atoms with E-state index >= 15 is 0 Å². The zero-order valence-corrected chi connectivity index (χ0v) is 13.2. The molecule has 2 saturated heterocycles. The number of H-pyrrole nitrogens is 1. The Bertz CT molecular complexity index is 447. The van der Waals surface area contributed by atoms with Crippen molar-refractivity contribution < 1.29 is 4.79 Å². The summed E-state index contributed by atoms with van der Waals surface area (Å²) in [5.41, 5.74) is 1.20. The molecular weight excluding hydrogens is 278 g/mol. The molecule has 1 atom stereocenters. The Kier molecular flexibility index (Phi) is 5.32. The molecule has 1 aromatic rings. The van der Waals surface area contributed by atoms with Gasteiger partial charge in [0.15, 0.2) is 0 Å². The van der Waals surface area contributed by atoms with Gasteiger partial charge in [-0.25, -0.2) is 9.78 Å². The van der Waals surface area contributed by atoms with Gasteiger partial charge in [0.2, 0.25) is 0 Å². The molecule has 0 spiro atoms. The van der Waals surface area contributed by atoms with E-state index in [1.165, 1.54) is 18.5 Å². The Hall–Kier alpha value is -1.56. The normalized spacial score (nSPS) is 23.5. The quantitative estimate of drug-likeness (QED) is 0.792. The van der Waals surface area contributed by atoms with Gasteiger partial charge in [-0.05, 0) is 51.1 Å². The number of piperidine rings is 2. The Morgan fingerprint density at radius 3 is 2.91 bits per heavy atom. The highest BCUT2D eigenvalue weighted by atomic mass is 16.2. The Morgan fingerprint density at radius 1 is 1.36 bits per heavy atom. The van der Waals surface area contributed by atoms with E-state index in [-0.39, 0.29) is 6.03 Å². The van der Waals surface area contributed by atoms with Gasteiger partial charge in [0.25, 0.3) is 0 Å². The topological polar surface area (TPSA) is 73.1 Å². The number of carbonyl (C=O) groups is 1. The number of carbonyl (C=O) groups excluding carboxylic acids is 1. The number of nitrogens with one attached hydrogen (secondary N) is 3. The number of aromatic nitrogens is 2. The molecule has 0 aromatic carbocycles. The fraction of sp³-hybridized carbons (Fsp3) is 0.750. The highest BCUT2D eigenvalue weighted by molar-refractivity contribution is 5.74. The third kappa shape index (κ3) is 4.00. The van der Waals surface area contributed by atoms with Crippen molar-refractivity contribution in [3.63, 3.8) is 0 Å². The van der Waals surface area contributed by atoms with Gasteiger partial charge in [-0.15, -0.1) is 0 Å². The summed E-state index contributed by atoms with van der Waals surface area (Å²) in [6.45, 7) is 4.71. The second kappa shape index (κ2) is 7.63. The first-order valence-electron chi connectivity index (χ1n) is 8.54. The maximum atomic E-state index is 12.2. The number of likely N-dealkylation sites (tertiary alicyclic amines) is 1. The molecule has 2 aliphatic heterocycles. The Labute approximate surface area is 132 Å². The molecule has 2 fully saturated rings. The third-order valence-electron chi connectivity index (χ3n) is 4.97. The number of hydrogen-bond acceptors (Lipinski definition) is 3. The van der Waals surface area contributed by atoms with E-state index in [0.29, 0.717) is 5.92 Å². The number of nitrogens with zero attached hydrogens (tertiary/aromatic N) is 2. The van der Waals surface area contributed by atoms with Crippen LogP contribution in [0.5, 0.6) is 0 Å². The molecule has 1 aromatic heterocycles. The Morgan fingerprint density at radius 2 is 2.23 bits per heavy atom. The van der Waals surface area contributed by atoms with E-state index in [2.05, 4.69) is 20.6 Å². The maximum Gasteiger partial charge on any atom is 0.317 e. The average Bonchev–Trinajstić information content (AvgIpc) is 3.10. The molecule has 122 valence electrons. The predicted molar refractivity (Wildman–Crippen MR) is 85.7 cm³/mol. The van der Waals surface area contributed by atoms with Crippen LogP contribution in [0.4, 0.5) is 4.79 Å². The van der Waals surface area contributed by atoms with E-state index < -0.39 is 0 Å². The van der Waals surface area contributed by atoms with Crippen LogP contribution in [0.3, 0.4) is 0 Å². The van der Waals surface area contributed by atoms with E-state index in [0.717, 1.165) is 57.9 Å². The van der Waals surface area contributed by atoms with Crippen LogP contribution >= 0.6 is 0 Å². The average molecular weight is 305 g/mol. The first kappa shape index (κ1) is 15.3. The number of aromatic amines is 1. The minimum Gasteiger partial charge on any atom is -0.348 e. The largest absolute Gasteiger partial charge is 0.348 e. The van der Waals surface area contributed by atoms with E-state index in [4.69, 9.17) is 0 Å². The van der Waals surface area contributed by atoms with E-state index in [9.17, 15) is 4.79 Å². The van der Waals surface area contributed by atoms with E-state index in [1.807, 2.05) is 11.1 Å². The van der Waals surface area contributed by atoms with Gasteiger partial charge in [0.1, 0.15) is 0 Å². The maximum absolute atomic E-state index is 12.2. The van der Waals surface area contributed by atoms with Gasteiger partial charge >= 0.3 is 6.03 Å². The highest BCUT2D eigenvalue weighted by Gasteiger charge is 2.24.